The van der Waals surface area contributed by atoms with E-state index in [1.807, 2.05) is 0 Å². The summed E-state index contributed by atoms with van der Waals surface area (Å²) in [4.78, 5) is 21.5. The summed E-state index contributed by atoms with van der Waals surface area (Å²) in [5.74, 6) is -3.26. The summed E-state index contributed by atoms with van der Waals surface area (Å²) in [6, 6.07) is 0.788. The monoisotopic (exact) mass is 293 g/mol. The van der Waals surface area contributed by atoms with Crippen LogP contribution in [-0.4, -0.2) is 11.9 Å². The molecule has 1 aromatic rings. The van der Waals surface area contributed by atoms with Crippen molar-refractivity contribution in [2.45, 2.75) is 0 Å². The first-order valence-electron chi connectivity index (χ1n) is 3.92. The Hall–Kier alpha value is -1.70. The second-order valence-electron chi connectivity index (χ2n) is 2.69. The average Bonchev–Trinajstić information content (AvgIpc) is 2.12. The minimum absolute atomic E-state index is 0.155. The van der Waals surface area contributed by atoms with Crippen LogP contribution in [0.5, 0.6) is 0 Å². The molecule has 0 heterocycles. The van der Waals surface area contributed by atoms with Crippen LogP contribution in [0.15, 0.2) is 16.6 Å². The highest BCUT2D eigenvalue weighted by atomic mass is 79.9. The van der Waals surface area contributed by atoms with Crippen LogP contribution in [0.4, 0.5) is 13.6 Å². The van der Waals surface area contributed by atoms with Gasteiger partial charge >= 0.3 is 6.03 Å². The lowest BCUT2D eigenvalue weighted by atomic mass is 10.2. The molecule has 0 bridgehead atoms. The molecule has 4 N–H and O–H groups in total. The van der Waals surface area contributed by atoms with E-state index < -0.39 is 29.1 Å². The van der Waals surface area contributed by atoms with E-state index in [1.54, 1.807) is 10.9 Å². The van der Waals surface area contributed by atoms with Crippen LogP contribution in [0.25, 0.3) is 0 Å². The summed E-state index contributed by atoms with van der Waals surface area (Å²) in [6.45, 7) is 0. The van der Waals surface area contributed by atoms with E-state index in [0.29, 0.717) is 0 Å². The molecule has 0 aromatic heterocycles. The molecule has 0 saturated heterocycles. The molecule has 0 atom stereocenters. The Morgan fingerprint density at radius 3 is 2.12 bits per heavy atom. The van der Waals surface area contributed by atoms with E-state index in [9.17, 15) is 18.4 Å². The van der Waals surface area contributed by atoms with Crippen LogP contribution < -0.4 is 16.6 Å². The normalized spacial score (nSPS) is 9.69. The molecule has 0 spiro atoms. The fourth-order valence-electron chi connectivity index (χ4n) is 0.940. The van der Waals surface area contributed by atoms with Gasteiger partial charge in [0.25, 0.3) is 5.91 Å². The number of carbonyl (C=O) groups excluding carboxylic acids is 2. The number of carbonyl (C=O) groups is 2. The maximum Gasteiger partial charge on any atom is 0.330 e. The Morgan fingerprint density at radius 1 is 1.19 bits per heavy atom. The van der Waals surface area contributed by atoms with Crippen molar-refractivity contribution in [3.8, 4) is 0 Å². The Labute approximate surface area is 97.1 Å². The second-order valence-corrected chi connectivity index (χ2v) is 3.60. The number of hydrogen-bond acceptors (Lipinski definition) is 2. The number of benzene rings is 1. The first kappa shape index (κ1) is 12.4. The summed E-state index contributed by atoms with van der Waals surface area (Å²) >= 11 is 2.86. The molecule has 16 heavy (non-hydrogen) atoms. The predicted octanol–water partition coefficient (Wildman–Crippen LogP) is 1.04. The minimum Gasteiger partial charge on any atom is -0.350 e. The van der Waals surface area contributed by atoms with Gasteiger partial charge in [-0.3, -0.25) is 10.2 Å². The average molecular weight is 294 g/mol. The lowest BCUT2D eigenvalue weighted by molar-refractivity contribution is 0.0928. The van der Waals surface area contributed by atoms with E-state index >= 15 is 0 Å². The number of hydrazine groups is 1. The highest BCUT2D eigenvalue weighted by Crippen LogP contribution is 2.19. The van der Waals surface area contributed by atoms with Gasteiger partial charge in [-0.2, -0.15) is 0 Å². The highest BCUT2D eigenvalue weighted by molar-refractivity contribution is 9.10. The lowest BCUT2D eigenvalue weighted by Gasteiger charge is -2.07. The van der Waals surface area contributed by atoms with Gasteiger partial charge in [0.05, 0.1) is 0 Å². The van der Waals surface area contributed by atoms with Crippen LogP contribution in [0, 0.1) is 11.6 Å². The van der Waals surface area contributed by atoms with Crippen molar-refractivity contribution < 1.29 is 18.4 Å². The van der Waals surface area contributed by atoms with Crippen molar-refractivity contribution in [2.75, 3.05) is 0 Å². The molecular formula is C8H6BrF2N3O2. The molecule has 0 aliphatic rings. The van der Waals surface area contributed by atoms with E-state index in [0.717, 1.165) is 12.1 Å². The fourth-order valence-corrected chi connectivity index (χ4v) is 1.34. The molecule has 86 valence electrons. The Balaban J connectivity index is 2.95. The lowest BCUT2D eigenvalue weighted by Crippen LogP contribution is -2.45. The van der Waals surface area contributed by atoms with Crippen molar-refractivity contribution in [2.24, 2.45) is 5.73 Å². The molecule has 5 nitrogen and oxygen atoms in total. The summed E-state index contributed by atoms with van der Waals surface area (Å²) < 4.78 is 26.6. The predicted molar refractivity (Wildman–Crippen MR) is 54.2 cm³/mol. The van der Waals surface area contributed by atoms with Crippen LogP contribution in [-0.2, 0) is 0 Å². The largest absolute Gasteiger partial charge is 0.350 e. The maximum atomic E-state index is 13.2. The smallest absolute Gasteiger partial charge is 0.330 e. The molecule has 1 aromatic carbocycles. The van der Waals surface area contributed by atoms with Gasteiger partial charge in [0.15, 0.2) is 0 Å². The van der Waals surface area contributed by atoms with E-state index in [4.69, 9.17) is 0 Å². The molecule has 3 amide bonds. The number of nitrogens with two attached hydrogens (primary N) is 1. The molecule has 0 unspecified atom stereocenters. The third kappa shape index (κ3) is 2.89. The molecule has 0 radical (unpaired) electrons. The van der Waals surface area contributed by atoms with Crippen molar-refractivity contribution in [1.29, 1.82) is 0 Å². The van der Waals surface area contributed by atoms with Gasteiger partial charge in [-0.25, -0.2) is 19.0 Å². The van der Waals surface area contributed by atoms with Gasteiger partial charge in [0, 0.05) is 4.47 Å². The first-order chi connectivity index (χ1) is 7.41. The number of hydrogen-bond donors (Lipinski definition) is 3. The van der Waals surface area contributed by atoms with Gasteiger partial charge in [0.1, 0.15) is 17.2 Å². The van der Waals surface area contributed by atoms with E-state index in [1.165, 1.54) is 0 Å². The number of urea groups is 1. The minimum atomic E-state index is -1.14. The molecule has 0 fully saturated rings. The first-order valence-corrected chi connectivity index (χ1v) is 4.71. The van der Waals surface area contributed by atoms with E-state index in [-0.39, 0.29) is 4.47 Å². The van der Waals surface area contributed by atoms with Gasteiger partial charge in [-0.05, 0) is 12.1 Å². The molecule has 0 aliphatic heterocycles. The maximum absolute atomic E-state index is 13.2. The Bertz CT molecular complexity index is 430. The third-order valence-corrected chi connectivity index (χ3v) is 1.99. The summed E-state index contributed by atoms with van der Waals surface area (Å²) in [5, 5.41) is 0. The van der Waals surface area contributed by atoms with E-state index in [2.05, 4.69) is 21.7 Å². The Kier molecular flexibility index (Phi) is 3.78. The van der Waals surface area contributed by atoms with Gasteiger partial charge < -0.3 is 5.73 Å². The number of halogens is 3. The zero-order chi connectivity index (χ0) is 12.3. The summed E-state index contributed by atoms with van der Waals surface area (Å²) in [6.07, 6.45) is 0. The molecule has 0 aliphatic carbocycles. The zero-order valence-electron chi connectivity index (χ0n) is 7.68. The van der Waals surface area contributed by atoms with Gasteiger partial charge in [0.2, 0.25) is 0 Å². The van der Waals surface area contributed by atoms with Crippen molar-refractivity contribution >= 4 is 27.9 Å². The molecular weight excluding hydrogens is 288 g/mol. The SMILES string of the molecule is NC(=O)NNC(=O)c1c(F)cc(Br)cc1F. The zero-order valence-corrected chi connectivity index (χ0v) is 9.27. The van der Waals surface area contributed by atoms with Crippen LogP contribution >= 0.6 is 15.9 Å². The van der Waals surface area contributed by atoms with Crippen molar-refractivity contribution in [3.05, 3.63) is 33.8 Å². The molecule has 0 saturated carbocycles. The topological polar surface area (TPSA) is 84.2 Å². The van der Waals surface area contributed by atoms with Crippen molar-refractivity contribution in [1.82, 2.24) is 10.9 Å². The van der Waals surface area contributed by atoms with Crippen LogP contribution in [0.2, 0.25) is 0 Å². The number of amides is 3. The quantitative estimate of drug-likeness (QED) is 0.676. The number of primary amides is 1. The summed E-state index contributed by atoms with van der Waals surface area (Å²) in [5.41, 5.74) is 7.30. The van der Waals surface area contributed by atoms with Crippen molar-refractivity contribution in [3.63, 3.8) is 0 Å². The number of rotatable bonds is 1. The highest BCUT2D eigenvalue weighted by Gasteiger charge is 2.18. The number of nitrogens with one attached hydrogen (secondary N) is 2. The molecule has 1 rings (SSSR count). The third-order valence-electron chi connectivity index (χ3n) is 1.53. The van der Waals surface area contributed by atoms with Crippen LogP contribution in [0.3, 0.4) is 0 Å². The van der Waals surface area contributed by atoms with Gasteiger partial charge in [-0.1, -0.05) is 15.9 Å². The second kappa shape index (κ2) is 4.88. The van der Waals surface area contributed by atoms with Crippen LogP contribution in [0.1, 0.15) is 10.4 Å². The molecule has 8 heteroatoms. The fraction of sp³-hybridized carbons (Fsp3) is 0. The summed E-state index contributed by atoms with van der Waals surface area (Å²) in [7, 11) is 0. The Morgan fingerprint density at radius 2 is 1.69 bits per heavy atom. The standard InChI is InChI=1S/C8H6BrF2N3O2/c9-3-1-4(10)6(5(11)2-3)7(15)13-14-8(12)16/h1-2H,(H,13,15)(H3,12,14,16). The van der Waals surface area contributed by atoms with Gasteiger partial charge in [-0.15, -0.1) is 0 Å².